The molecule has 1 aromatic rings. The molecular formula is C18H30N4. The number of guanidine groups is 1. The molecule has 1 aliphatic heterocycles. The predicted molar refractivity (Wildman–Crippen MR) is 93.9 cm³/mol. The Morgan fingerprint density at radius 2 is 1.91 bits per heavy atom. The number of rotatable bonds is 6. The van der Waals surface area contributed by atoms with Crippen molar-refractivity contribution in [2.75, 3.05) is 26.7 Å². The van der Waals surface area contributed by atoms with Gasteiger partial charge in [-0.05, 0) is 45.2 Å². The van der Waals surface area contributed by atoms with Crippen LogP contribution in [0.15, 0.2) is 35.3 Å². The van der Waals surface area contributed by atoms with Crippen LogP contribution in [0.3, 0.4) is 0 Å². The van der Waals surface area contributed by atoms with E-state index in [-0.39, 0.29) is 0 Å². The number of piperidine rings is 1. The highest BCUT2D eigenvalue weighted by atomic mass is 15.3. The molecule has 1 aromatic carbocycles. The van der Waals surface area contributed by atoms with E-state index >= 15 is 0 Å². The Bertz CT molecular complexity index is 451. The Labute approximate surface area is 135 Å². The number of hydrogen-bond donors (Lipinski definition) is 1. The van der Waals surface area contributed by atoms with Crippen molar-refractivity contribution in [1.82, 2.24) is 9.80 Å². The Balaban J connectivity index is 1.73. The van der Waals surface area contributed by atoms with Gasteiger partial charge in [0.25, 0.3) is 0 Å². The van der Waals surface area contributed by atoms with E-state index in [0.29, 0.717) is 6.04 Å². The smallest absolute Gasteiger partial charge is 0.191 e. The summed E-state index contributed by atoms with van der Waals surface area (Å²) in [6, 6.07) is 11.1. The van der Waals surface area contributed by atoms with Crippen LogP contribution >= 0.6 is 0 Å². The topological polar surface area (TPSA) is 44.9 Å². The molecule has 0 radical (unpaired) electrons. The average molecular weight is 302 g/mol. The highest BCUT2D eigenvalue weighted by Crippen LogP contribution is 2.10. The van der Waals surface area contributed by atoms with E-state index in [1.165, 1.54) is 24.8 Å². The van der Waals surface area contributed by atoms with Crippen LogP contribution in [0.25, 0.3) is 0 Å². The molecule has 1 fully saturated rings. The van der Waals surface area contributed by atoms with Gasteiger partial charge in [0, 0.05) is 32.2 Å². The normalized spacial score (nSPS) is 17.8. The van der Waals surface area contributed by atoms with Crippen molar-refractivity contribution in [2.24, 2.45) is 10.7 Å². The molecule has 1 heterocycles. The minimum Gasteiger partial charge on any atom is -0.370 e. The second kappa shape index (κ2) is 8.79. The van der Waals surface area contributed by atoms with Crippen molar-refractivity contribution in [3.8, 4) is 0 Å². The van der Waals surface area contributed by atoms with Gasteiger partial charge in [-0.2, -0.15) is 0 Å². The fraction of sp³-hybridized carbons (Fsp3) is 0.611. The van der Waals surface area contributed by atoms with Crippen LogP contribution in [0.4, 0.5) is 0 Å². The summed E-state index contributed by atoms with van der Waals surface area (Å²) in [5.41, 5.74) is 7.45. The molecule has 0 bridgehead atoms. The van der Waals surface area contributed by atoms with Gasteiger partial charge in [0.1, 0.15) is 0 Å². The average Bonchev–Trinajstić information content (AvgIpc) is 2.56. The largest absolute Gasteiger partial charge is 0.370 e. The van der Waals surface area contributed by atoms with Crippen molar-refractivity contribution in [3.05, 3.63) is 35.9 Å². The molecule has 2 N–H and O–H groups in total. The van der Waals surface area contributed by atoms with E-state index in [2.05, 4.69) is 59.1 Å². The van der Waals surface area contributed by atoms with Gasteiger partial charge < -0.3 is 10.6 Å². The maximum Gasteiger partial charge on any atom is 0.191 e. The summed E-state index contributed by atoms with van der Waals surface area (Å²) in [5, 5.41) is 0. The van der Waals surface area contributed by atoms with Gasteiger partial charge in [0.05, 0.1) is 0 Å². The van der Waals surface area contributed by atoms with Crippen LogP contribution in [0.5, 0.6) is 0 Å². The molecule has 2 rings (SSSR count). The van der Waals surface area contributed by atoms with Gasteiger partial charge in [-0.3, -0.25) is 9.89 Å². The summed E-state index contributed by atoms with van der Waals surface area (Å²) in [7, 11) is 2.18. The third kappa shape index (κ3) is 5.34. The maximum absolute atomic E-state index is 6.10. The monoisotopic (exact) mass is 302 g/mol. The van der Waals surface area contributed by atoms with Crippen LogP contribution in [-0.4, -0.2) is 48.5 Å². The van der Waals surface area contributed by atoms with E-state index in [4.69, 9.17) is 5.73 Å². The second-order valence-electron chi connectivity index (χ2n) is 6.33. The molecule has 1 aliphatic rings. The van der Waals surface area contributed by atoms with Gasteiger partial charge in [-0.15, -0.1) is 0 Å². The lowest BCUT2D eigenvalue weighted by Crippen LogP contribution is -2.41. The van der Waals surface area contributed by atoms with Crippen LogP contribution in [0.1, 0.15) is 38.2 Å². The van der Waals surface area contributed by atoms with Crippen LogP contribution in [0, 0.1) is 0 Å². The second-order valence-corrected chi connectivity index (χ2v) is 6.33. The zero-order chi connectivity index (χ0) is 15.8. The number of aliphatic imine (C=N–C) groups is 1. The lowest BCUT2D eigenvalue weighted by molar-refractivity contribution is 0.240. The fourth-order valence-electron chi connectivity index (χ4n) is 2.84. The molecule has 0 spiro atoms. The standard InChI is InChI=1S/C18H30N4/c1-16(21(2)15-17-9-5-3-6-10-17)11-12-20-18(19)22-13-7-4-8-14-22/h3,5-6,9-10,16H,4,7-8,11-15H2,1-2H3,(H2,19,20). The maximum atomic E-state index is 6.10. The molecule has 0 amide bonds. The van der Waals surface area contributed by atoms with E-state index in [1.807, 2.05) is 0 Å². The number of benzene rings is 1. The number of likely N-dealkylation sites (tertiary alicyclic amines) is 1. The van der Waals surface area contributed by atoms with E-state index in [9.17, 15) is 0 Å². The summed E-state index contributed by atoms with van der Waals surface area (Å²) >= 11 is 0. The minimum absolute atomic E-state index is 0.498. The Morgan fingerprint density at radius 1 is 1.23 bits per heavy atom. The van der Waals surface area contributed by atoms with Crippen molar-refractivity contribution >= 4 is 5.96 Å². The van der Waals surface area contributed by atoms with E-state index < -0.39 is 0 Å². The summed E-state index contributed by atoms with van der Waals surface area (Å²) in [5.74, 6) is 0.734. The van der Waals surface area contributed by atoms with Gasteiger partial charge in [-0.1, -0.05) is 30.3 Å². The first-order chi connectivity index (χ1) is 10.7. The summed E-state index contributed by atoms with van der Waals surface area (Å²) < 4.78 is 0. The van der Waals surface area contributed by atoms with Crippen LogP contribution in [-0.2, 0) is 6.54 Å². The molecule has 0 aliphatic carbocycles. The zero-order valence-electron chi connectivity index (χ0n) is 14.0. The molecule has 4 nitrogen and oxygen atoms in total. The Morgan fingerprint density at radius 3 is 2.59 bits per heavy atom. The lowest BCUT2D eigenvalue weighted by Gasteiger charge is -2.28. The quantitative estimate of drug-likeness (QED) is 0.649. The molecule has 0 saturated carbocycles. The van der Waals surface area contributed by atoms with Gasteiger partial charge >= 0.3 is 0 Å². The van der Waals surface area contributed by atoms with Crippen LogP contribution in [0.2, 0.25) is 0 Å². The molecule has 1 unspecified atom stereocenters. The first-order valence-electron chi connectivity index (χ1n) is 8.46. The van der Waals surface area contributed by atoms with Crippen molar-refractivity contribution < 1.29 is 0 Å². The van der Waals surface area contributed by atoms with Gasteiger partial charge in [0.15, 0.2) is 5.96 Å². The van der Waals surface area contributed by atoms with Crippen molar-refractivity contribution in [2.45, 2.75) is 45.2 Å². The minimum atomic E-state index is 0.498. The third-order valence-electron chi connectivity index (χ3n) is 4.53. The first kappa shape index (κ1) is 16.8. The van der Waals surface area contributed by atoms with Gasteiger partial charge in [-0.25, -0.2) is 0 Å². The highest BCUT2D eigenvalue weighted by Gasteiger charge is 2.12. The summed E-state index contributed by atoms with van der Waals surface area (Å²) in [6.45, 7) is 6.18. The molecule has 4 heteroatoms. The SMILES string of the molecule is CC(CCN=C(N)N1CCCCC1)N(C)Cc1ccccc1. The Kier molecular flexibility index (Phi) is 6.72. The predicted octanol–water partition coefficient (Wildman–Crippen LogP) is 2.70. The molecule has 1 atom stereocenters. The van der Waals surface area contributed by atoms with Gasteiger partial charge in [0.2, 0.25) is 0 Å². The first-order valence-corrected chi connectivity index (χ1v) is 8.46. The van der Waals surface area contributed by atoms with Crippen molar-refractivity contribution in [1.29, 1.82) is 0 Å². The van der Waals surface area contributed by atoms with E-state index in [1.54, 1.807) is 0 Å². The molecular weight excluding hydrogens is 272 g/mol. The zero-order valence-corrected chi connectivity index (χ0v) is 14.0. The fourth-order valence-corrected chi connectivity index (χ4v) is 2.84. The molecule has 122 valence electrons. The Hall–Kier alpha value is -1.55. The van der Waals surface area contributed by atoms with Crippen molar-refractivity contribution in [3.63, 3.8) is 0 Å². The molecule has 0 aromatic heterocycles. The summed E-state index contributed by atoms with van der Waals surface area (Å²) in [4.78, 5) is 9.17. The summed E-state index contributed by atoms with van der Waals surface area (Å²) in [6.07, 6.45) is 4.85. The lowest BCUT2D eigenvalue weighted by atomic mass is 10.1. The molecule has 22 heavy (non-hydrogen) atoms. The van der Waals surface area contributed by atoms with E-state index in [0.717, 1.165) is 38.6 Å². The third-order valence-corrected chi connectivity index (χ3v) is 4.53. The number of hydrogen-bond acceptors (Lipinski definition) is 2. The number of nitrogens with two attached hydrogens (primary N) is 1. The molecule has 1 saturated heterocycles. The van der Waals surface area contributed by atoms with Crippen LogP contribution < -0.4 is 5.73 Å². The number of nitrogens with zero attached hydrogens (tertiary/aromatic N) is 3. The highest BCUT2D eigenvalue weighted by molar-refractivity contribution is 5.78.